The van der Waals surface area contributed by atoms with Crippen LogP contribution < -0.4 is 10.6 Å². The van der Waals surface area contributed by atoms with Crippen LogP contribution in [0.4, 0.5) is 0 Å². The van der Waals surface area contributed by atoms with Crippen molar-refractivity contribution in [1.82, 2.24) is 10.6 Å². The summed E-state index contributed by atoms with van der Waals surface area (Å²) in [7, 11) is 0. The number of rotatable bonds is 8. The van der Waals surface area contributed by atoms with Gasteiger partial charge in [-0.3, -0.25) is 0 Å². The lowest BCUT2D eigenvalue weighted by Gasteiger charge is -2.48. The average molecular weight is 434 g/mol. The van der Waals surface area contributed by atoms with Gasteiger partial charge in [0.2, 0.25) is 0 Å². The molecule has 0 aromatic carbocycles. The predicted molar refractivity (Wildman–Crippen MR) is 126 cm³/mol. The Kier molecular flexibility index (Phi) is 11.5. The highest BCUT2D eigenvalue weighted by Crippen LogP contribution is 2.48. The molecular weight excluding hydrogens is 387 g/mol. The zero-order valence-corrected chi connectivity index (χ0v) is 19.6. The van der Waals surface area contributed by atoms with E-state index in [0.717, 1.165) is 35.5 Å². The molecule has 5 rings (SSSR count). The number of hydrogen-bond acceptors (Lipinski definition) is 2. The highest BCUT2D eigenvalue weighted by atomic mass is 35.5. The second-order valence-electron chi connectivity index (χ2n) is 10.4. The first-order chi connectivity index (χ1) is 12.9. The zero-order chi connectivity index (χ0) is 17.6. The van der Waals surface area contributed by atoms with Crippen LogP contribution >= 0.6 is 24.8 Å². The van der Waals surface area contributed by atoms with Crippen molar-refractivity contribution in [1.29, 1.82) is 0 Å². The fourth-order valence-corrected chi connectivity index (χ4v) is 6.91. The molecule has 4 unspecified atom stereocenters. The molecule has 2 bridgehead atoms. The summed E-state index contributed by atoms with van der Waals surface area (Å²) in [5.41, 5.74) is 0. The van der Waals surface area contributed by atoms with Gasteiger partial charge in [-0.15, -0.1) is 24.8 Å². The minimum Gasteiger partial charge on any atom is -0.316 e. The highest BCUT2D eigenvalue weighted by Gasteiger charge is 2.41. The molecule has 5 aliphatic rings. The van der Waals surface area contributed by atoms with E-state index in [1.54, 1.807) is 0 Å². The lowest BCUT2D eigenvalue weighted by molar-refractivity contribution is 0.0397. The number of hydrogen-bond donors (Lipinski definition) is 2. The quantitative estimate of drug-likeness (QED) is 0.475. The Morgan fingerprint density at radius 1 is 0.464 bits per heavy atom. The molecule has 0 aromatic heterocycles. The predicted octanol–water partition coefficient (Wildman–Crippen LogP) is 6.22. The van der Waals surface area contributed by atoms with Crippen LogP contribution in [0.15, 0.2) is 0 Å². The summed E-state index contributed by atoms with van der Waals surface area (Å²) >= 11 is 0. The van der Waals surface area contributed by atoms with Gasteiger partial charge in [-0.1, -0.05) is 38.5 Å². The van der Waals surface area contributed by atoms with Crippen LogP contribution in [0.2, 0.25) is 0 Å². The van der Waals surface area contributed by atoms with E-state index in [1.807, 2.05) is 0 Å². The molecule has 5 fully saturated rings. The van der Waals surface area contributed by atoms with Gasteiger partial charge in [-0.2, -0.15) is 0 Å². The molecule has 28 heavy (non-hydrogen) atoms. The third-order valence-corrected chi connectivity index (χ3v) is 8.58. The maximum absolute atomic E-state index is 3.90. The Morgan fingerprint density at radius 2 is 0.857 bits per heavy atom. The topological polar surface area (TPSA) is 24.1 Å². The lowest BCUT2D eigenvalue weighted by atomic mass is 9.60. The summed E-state index contributed by atoms with van der Waals surface area (Å²) in [6, 6.07) is 0. The first-order valence-electron chi connectivity index (χ1n) is 12.3. The summed E-state index contributed by atoms with van der Waals surface area (Å²) in [6.45, 7) is 5.25. The highest BCUT2D eigenvalue weighted by molar-refractivity contribution is 5.85. The van der Waals surface area contributed by atoms with Crippen LogP contribution in [0.1, 0.15) is 89.9 Å². The third kappa shape index (κ3) is 7.03. The van der Waals surface area contributed by atoms with Crippen molar-refractivity contribution in [2.24, 2.45) is 35.5 Å². The Hall–Kier alpha value is 0.500. The van der Waals surface area contributed by atoms with Gasteiger partial charge in [0.25, 0.3) is 0 Å². The molecule has 0 spiro atoms. The van der Waals surface area contributed by atoms with Crippen molar-refractivity contribution in [2.75, 3.05) is 26.2 Å². The first-order valence-corrected chi connectivity index (χ1v) is 12.3. The van der Waals surface area contributed by atoms with Gasteiger partial charge in [0.1, 0.15) is 0 Å². The van der Waals surface area contributed by atoms with Gasteiger partial charge < -0.3 is 10.6 Å². The SMILES string of the molecule is C1CCC(CNCC2CC3CCC2CC3CNCC2CCCCC2)CC1.Cl.Cl. The molecule has 4 heteroatoms. The van der Waals surface area contributed by atoms with E-state index in [4.69, 9.17) is 0 Å². The maximum Gasteiger partial charge on any atom is -0.00176 e. The van der Waals surface area contributed by atoms with Gasteiger partial charge in [-0.05, 0) is 113 Å². The summed E-state index contributed by atoms with van der Waals surface area (Å²) in [5, 5.41) is 7.79. The van der Waals surface area contributed by atoms with Crippen LogP contribution in [0.5, 0.6) is 0 Å². The van der Waals surface area contributed by atoms with Crippen LogP contribution in [-0.2, 0) is 0 Å². The molecule has 0 saturated heterocycles. The third-order valence-electron chi connectivity index (χ3n) is 8.58. The van der Waals surface area contributed by atoms with Crippen molar-refractivity contribution >= 4 is 24.8 Å². The standard InChI is InChI=1S/C24H44N2.2ClH/c1-3-7-19(8-4-1)15-25-17-23-13-22-12-11-21(23)14-24(22)18-26-16-20-9-5-2-6-10-20;;/h19-26H,1-18H2;2*1H. The molecule has 0 heterocycles. The van der Waals surface area contributed by atoms with Gasteiger partial charge in [0.05, 0.1) is 0 Å². The van der Waals surface area contributed by atoms with Gasteiger partial charge in [0, 0.05) is 0 Å². The normalized spacial score (nSPS) is 33.9. The number of nitrogens with one attached hydrogen (secondary N) is 2. The summed E-state index contributed by atoms with van der Waals surface area (Å²) in [4.78, 5) is 0. The van der Waals surface area contributed by atoms with Crippen molar-refractivity contribution in [2.45, 2.75) is 89.9 Å². The van der Waals surface area contributed by atoms with E-state index in [1.165, 1.54) is 116 Å². The Morgan fingerprint density at radius 3 is 1.21 bits per heavy atom. The summed E-state index contributed by atoms with van der Waals surface area (Å²) < 4.78 is 0. The minimum atomic E-state index is 0. The molecular formula is C24H46Cl2N2. The lowest BCUT2D eigenvalue weighted by Crippen LogP contribution is -2.45. The molecule has 4 atom stereocenters. The molecule has 0 radical (unpaired) electrons. The summed E-state index contributed by atoms with van der Waals surface area (Å²) in [6.07, 6.45) is 20.9. The molecule has 2 N–H and O–H groups in total. The van der Waals surface area contributed by atoms with E-state index in [-0.39, 0.29) is 24.8 Å². The fourth-order valence-electron chi connectivity index (χ4n) is 6.91. The molecule has 5 saturated carbocycles. The van der Waals surface area contributed by atoms with E-state index < -0.39 is 0 Å². The van der Waals surface area contributed by atoms with Crippen LogP contribution in [0, 0.1) is 35.5 Å². The smallest absolute Gasteiger partial charge is 0.00176 e. The Bertz CT molecular complexity index is 369. The van der Waals surface area contributed by atoms with E-state index in [9.17, 15) is 0 Å². The first kappa shape index (κ1) is 24.8. The van der Waals surface area contributed by atoms with Gasteiger partial charge in [-0.25, -0.2) is 0 Å². The van der Waals surface area contributed by atoms with Crippen LogP contribution in [0.25, 0.3) is 0 Å². The van der Waals surface area contributed by atoms with Crippen molar-refractivity contribution < 1.29 is 0 Å². The maximum atomic E-state index is 3.90. The van der Waals surface area contributed by atoms with E-state index in [2.05, 4.69) is 10.6 Å². The molecule has 0 aromatic rings. The molecule has 0 aliphatic heterocycles. The van der Waals surface area contributed by atoms with Crippen molar-refractivity contribution in [3.05, 3.63) is 0 Å². The zero-order valence-electron chi connectivity index (χ0n) is 18.0. The van der Waals surface area contributed by atoms with Gasteiger partial charge in [0.15, 0.2) is 0 Å². The number of fused-ring (bicyclic) bond motifs is 3. The largest absolute Gasteiger partial charge is 0.316 e. The molecule has 0 amide bonds. The summed E-state index contributed by atoms with van der Waals surface area (Å²) in [5.74, 6) is 6.02. The molecule has 166 valence electrons. The van der Waals surface area contributed by atoms with Crippen LogP contribution in [0.3, 0.4) is 0 Å². The average Bonchev–Trinajstić information content (AvgIpc) is 2.70. The second kappa shape index (κ2) is 13.0. The van der Waals surface area contributed by atoms with Gasteiger partial charge >= 0.3 is 0 Å². The Labute approximate surface area is 187 Å². The van der Waals surface area contributed by atoms with E-state index >= 15 is 0 Å². The molecule has 5 aliphatic carbocycles. The van der Waals surface area contributed by atoms with Crippen molar-refractivity contribution in [3.63, 3.8) is 0 Å². The second-order valence-corrected chi connectivity index (χ2v) is 10.4. The number of halogens is 2. The van der Waals surface area contributed by atoms with E-state index in [0.29, 0.717) is 0 Å². The fraction of sp³-hybridized carbons (Fsp3) is 1.00. The monoisotopic (exact) mass is 432 g/mol. The van der Waals surface area contributed by atoms with Crippen molar-refractivity contribution in [3.8, 4) is 0 Å². The minimum absolute atomic E-state index is 0. The van der Waals surface area contributed by atoms with Crippen LogP contribution in [-0.4, -0.2) is 26.2 Å². The molecule has 2 nitrogen and oxygen atoms in total. The Balaban J connectivity index is 0.00000140.